The zero-order chi connectivity index (χ0) is 23.3. The van der Waals surface area contributed by atoms with Gasteiger partial charge >= 0.3 is 6.03 Å². The van der Waals surface area contributed by atoms with Crippen LogP contribution in [0.2, 0.25) is 0 Å². The number of hydrogen-bond acceptors (Lipinski definition) is 4. The van der Waals surface area contributed by atoms with E-state index < -0.39 is 17.7 Å². The van der Waals surface area contributed by atoms with E-state index in [9.17, 15) is 14.7 Å². The Morgan fingerprint density at radius 2 is 1.72 bits per heavy atom. The molecule has 0 radical (unpaired) electrons. The third-order valence-electron chi connectivity index (χ3n) is 6.54. The maximum absolute atomic E-state index is 13.3. The fourth-order valence-electron chi connectivity index (χ4n) is 4.33. The first kappa shape index (κ1) is 23.8. The van der Waals surface area contributed by atoms with Gasteiger partial charge in [0, 0.05) is 0 Å². The summed E-state index contributed by atoms with van der Waals surface area (Å²) in [6.07, 6.45) is 2.17. The van der Waals surface area contributed by atoms with Crippen molar-refractivity contribution in [3.8, 4) is 5.75 Å². The van der Waals surface area contributed by atoms with Gasteiger partial charge in [0.15, 0.2) is 6.23 Å². The first-order chi connectivity index (χ1) is 15.4. The van der Waals surface area contributed by atoms with Crippen LogP contribution in [0.15, 0.2) is 48.5 Å². The van der Waals surface area contributed by atoms with Gasteiger partial charge in [-0.3, -0.25) is 4.79 Å². The molecule has 6 heteroatoms. The van der Waals surface area contributed by atoms with Gasteiger partial charge in [0.1, 0.15) is 11.2 Å². The van der Waals surface area contributed by atoms with Crippen molar-refractivity contribution >= 4 is 11.9 Å². The predicted molar refractivity (Wildman–Crippen MR) is 124 cm³/mol. The molecule has 1 heterocycles. The summed E-state index contributed by atoms with van der Waals surface area (Å²) >= 11 is 0. The second kappa shape index (κ2) is 10.2. The summed E-state index contributed by atoms with van der Waals surface area (Å²) in [6, 6.07) is 14.6. The van der Waals surface area contributed by atoms with Gasteiger partial charge in [0.2, 0.25) is 5.91 Å². The van der Waals surface area contributed by atoms with Crippen LogP contribution in [0.1, 0.15) is 69.2 Å². The number of rotatable bonds is 9. The number of carbonyl (C=O) groups is 2. The number of hydrogen-bond donors (Lipinski definition) is 2. The molecule has 0 spiro atoms. The molecule has 0 saturated carbocycles. The van der Waals surface area contributed by atoms with Gasteiger partial charge in [0.25, 0.3) is 0 Å². The van der Waals surface area contributed by atoms with Crippen molar-refractivity contribution in [3.05, 3.63) is 65.2 Å². The Labute approximate surface area is 190 Å². The first-order valence-corrected chi connectivity index (χ1v) is 11.5. The van der Waals surface area contributed by atoms with E-state index in [0.29, 0.717) is 18.6 Å². The van der Waals surface area contributed by atoms with Gasteiger partial charge in [-0.2, -0.15) is 0 Å². The molecule has 6 nitrogen and oxygen atoms in total. The van der Waals surface area contributed by atoms with Crippen molar-refractivity contribution in [1.29, 1.82) is 0 Å². The number of aryl methyl sites for hydroxylation is 1. The number of imide groups is 1. The molecule has 172 valence electrons. The van der Waals surface area contributed by atoms with Crippen LogP contribution in [-0.2, 0) is 11.4 Å². The SMILES string of the molecule is CCC[C@@H](NC(=O)N1C(=O)C(CC)(CC)[C@@H]1Oc1ccc(CO)cc1)c1ccc(C)cc1. The predicted octanol–water partition coefficient (Wildman–Crippen LogP) is 5.09. The zero-order valence-corrected chi connectivity index (χ0v) is 19.4. The van der Waals surface area contributed by atoms with E-state index in [2.05, 4.69) is 12.2 Å². The summed E-state index contributed by atoms with van der Waals surface area (Å²) in [5, 5.41) is 12.3. The van der Waals surface area contributed by atoms with E-state index >= 15 is 0 Å². The van der Waals surface area contributed by atoms with E-state index in [1.807, 2.05) is 45.0 Å². The monoisotopic (exact) mass is 438 g/mol. The number of aliphatic hydroxyl groups is 1. The van der Waals surface area contributed by atoms with Crippen molar-refractivity contribution < 1.29 is 19.4 Å². The third-order valence-corrected chi connectivity index (χ3v) is 6.54. The summed E-state index contributed by atoms with van der Waals surface area (Å²) < 4.78 is 6.18. The second-order valence-corrected chi connectivity index (χ2v) is 8.51. The molecular formula is C26H34N2O4. The normalized spacial score (nSPS) is 18.1. The number of ether oxygens (including phenoxy) is 1. The fourth-order valence-corrected chi connectivity index (χ4v) is 4.33. The molecule has 2 aromatic rings. The number of nitrogens with zero attached hydrogens (tertiary/aromatic N) is 1. The van der Waals surface area contributed by atoms with Crippen LogP contribution in [0.5, 0.6) is 5.75 Å². The molecule has 1 aliphatic rings. The number of carbonyl (C=O) groups excluding carboxylic acids is 2. The number of benzene rings is 2. The maximum atomic E-state index is 13.3. The number of urea groups is 1. The molecule has 32 heavy (non-hydrogen) atoms. The largest absolute Gasteiger partial charge is 0.469 e. The molecule has 0 bridgehead atoms. The summed E-state index contributed by atoms with van der Waals surface area (Å²) in [6.45, 7) is 7.95. The van der Waals surface area contributed by atoms with Gasteiger partial charge in [-0.25, -0.2) is 9.69 Å². The van der Waals surface area contributed by atoms with Crippen LogP contribution in [0.25, 0.3) is 0 Å². The Morgan fingerprint density at radius 1 is 1.09 bits per heavy atom. The van der Waals surface area contributed by atoms with Crippen molar-refractivity contribution in [3.63, 3.8) is 0 Å². The van der Waals surface area contributed by atoms with Crippen LogP contribution in [0.4, 0.5) is 4.79 Å². The quantitative estimate of drug-likeness (QED) is 0.535. The minimum atomic E-state index is -0.725. The van der Waals surface area contributed by atoms with Crippen molar-refractivity contribution in [1.82, 2.24) is 10.2 Å². The molecule has 0 unspecified atom stereocenters. The molecular weight excluding hydrogens is 404 g/mol. The molecule has 3 amide bonds. The lowest BCUT2D eigenvalue weighted by Crippen LogP contribution is -2.73. The average molecular weight is 439 g/mol. The third kappa shape index (κ3) is 4.51. The first-order valence-electron chi connectivity index (χ1n) is 11.5. The molecule has 0 aliphatic carbocycles. The van der Waals surface area contributed by atoms with Crippen molar-refractivity contribution in [2.75, 3.05) is 0 Å². The van der Waals surface area contributed by atoms with E-state index in [0.717, 1.165) is 29.5 Å². The second-order valence-electron chi connectivity index (χ2n) is 8.51. The highest BCUT2D eigenvalue weighted by molar-refractivity contribution is 6.03. The standard InChI is InChI=1S/C26H34N2O4/c1-5-8-22(20-13-9-18(4)10-14-20)27-25(31)28-23(30)26(6-2,7-3)24(28)32-21-15-11-19(17-29)12-16-21/h9-16,22,24,29H,5-8,17H2,1-4H3,(H,27,31)/t22-,24+/m1/s1. The Morgan fingerprint density at radius 3 is 2.25 bits per heavy atom. The van der Waals surface area contributed by atoms with Crippen molar-refractivity contribution in [2.24, 2.45) is 5.41 Å². The molecule has 2 aromatic carbocycles. The zero-order valence-electron chi connectivity index (χ0n) is 19.4. The average Bonchev–Trinajstić information content (AvgIpc) is 2.80. The van der Waals surface area contributed by atoms with E-state index in [1.54, 1.807) is 24.3 Å². The Hall–Kier alpha value is -2.86. The molecule has 1 aliphatic heterocycles. The highest BCUT2D eigenvalue weighted by Crippen LogP contribution is 2.46. The number of amides is 3. The van der Waals surface area contributed by atoms with Crippen LogP contribution >= 0.6 is 0 Å². The minimum absolute atomic E-state index is 0.0532. The Bertz CT molecular complexity index is 920. The van der Waals surface area contributed by atoms with Crippen LogP contribution in [0.3, 0.4) is 0 Å². The van der Waals surface area contributed by atoms with Gasteiger partial charge in [0.05, 0.1) is 12.6 Å². The number of aliphatic hydroxyl groups excluding tert-OH is 1. The van der Waals surface area contributed by atoms with Crippen LogP contribution < -0.4 is 10.1 Å². The smallest absolute Gasteiger partial charge is 0.327 e. The van der Waals surface area contributed by atoms with Gasteiger partial charge < -0.3 is 15.2 Å². The highest BCUT2D eigenvalue weighted by Gasteiger charge is 2.63. The minimum Gasteiger partial charge on any atom is -0.469 e. The van der Waals surface area contributed by atoms with E-state index in [1.165, 1.54) is 4.90 Å². The molecule has 2 atom stereocenters. The topological polar surface area (TPSA) is 78.9 Å². The Kier molecular flexibility index (Phi) is 7.56. The summed E-state index contributed by atoms with van der Waals surface area (Å²) in [7, 11) is 0. The summed E-state index contributed by atoms with van der Waals surface area (Å²) in [5.41, 5.74) is 2.23. The van der Waals surface area contributed by atoms with Crippen LogP contribution in [0, 0.1) is 12.3 Å². The maximum Gasteiger partial charge on any atom is 0.327 e. The van der Waals surface area contributed by atoms with Gasteiger partial charge in [-0.05, 0) is 49.4 Å². The highest BCUT2D eigenvalue weighted by atomic mass is 16.5. The lowest BCUT2D eigenvalue weighted by Gasteiger charge is -2.53. The lowest BCUT2D eigenvalue weighted by atomic mass is 9.72. The Balaban J connectivity index is 1.82. The molecule has 1 saturated heterocycles. The van der Waals surface area contributed by atoms with E-state index in [4.69, 9.17) is 4.74 Å². The number of likely N-dealkylation sites (tertiary alicyclic amines) is 1. The molecule has 3 rings (SSSR count). The fraction of sp³-hybridized carbons (Fsp3) is 0.462. The number of β-lactam (4-membered cyclic amide) rings is 1. The van der Waals surface area contributed by atoms with Gasteiger partial charge in [-0.1, -0.05) is 69.2 Å². The van der Waals surface area contributed by atoms with Gasteiger partial charge in [-0.15, -0.1) is 0 Å². The molecule has 1 fully saturated rings. The molecule has 2 N–H and O–H groups in total. The summed E-state index contributed by atoms with van der Waals surface area (Å²) in [4.78, 5) is 27.6. The molecule has 0 aromatic heterocycles. The van der Waals surface area contributed by atoms with E-state index in [-0.39, 0.29) is 18.6 Å². The lowest BCUT2D eigenvalue weighted by molar-refractivity contribution is -0.191. The number of nitrogens with one attached hydrogen (secondary N) is 1. The van der Waals surface area contributed by atoms with Crippen LogP contribution in [-0.4, -0.2) is 28.2 Å². The summed E-state index contributed by atoms with van der Waals surface area (Å²) in [5.74, 6) is 0.364. The van der Waals surface area contributed by atoms with Crippen molar-refractivity contribution in [2.45, 2.75) is 72.3 Å².